The lowest BCUT2D eigenvalue weighted by molar-refractivity contribution is 0.0692. The predicted octanol–water partition coefficient (Wildman–Crippen LogP) is 2.84. The molecule has 1 fully saturated rings. The number of Topliss-reactive ketones (excluding diaryl/α,β-unsaturated/α-hetero) is 1. The van der Waals surface area contributed by atoms with Gasteiger partial charge in [-0.3, -0.25) is 4.79 Å². The molecule has 5 heteroatoms. The van der Waals surface area contributed by atoms with Crippen molar-refractivity contribution in [3.63, 3.8) is 0 Å². The van der Waals surface area contributed by atoms with Crippen LogP contribution in [0.25, 0.3) is 0 Å². The van der Waals surface area contributed by atoms with E-state index in [9.17, 15) is 14.7 Å². The normalized spacial score (nSPS) is 15.5. The third-order valence-corrected chi connectivity index (χ3v) is 3.94. The van der Waals surface area contributed by atoms with Gasteiger partial charge in [0.25, 0.3) is 0 Å². The minimum absolute atomic E-state index is 0.0175. The third-order valence-electron chi connectivity index (χ3n) is 3.94. The standard InChI is InChI=1S/C17H23NO4/c1-2-22-16-7-6-13(12-14(16)17(20)21)15(19)8-11-18-9-4-3-5-10-18/h6-7,12H,2-5,8-11H2,1H3,(H,20,21). The summed E-state index contributed by atoms with van der Waals surface area (Å²) in [6, 6.07) is 4.64. The maximum absolute atomic E-state index is 12.3. The third kappa shape index (κ3) is 4.31. The van der Waals surface area contributed by atoms with Gasteiger partial charge >= 0.3 is 5.97 Å². The maximum atomic E-state index is 12.3. The molecule has 0 amide bonds. The number of hydrogen-bond donors (Lipinski definition) is 1. The van der Waals surface area contributed by atoms with Gasteiger partial charge in [0, 0.05) is 18.5 Å². The molecule has 120 valence electrons. The summed E-state index contributed by atoms with van der Waals surface area (Å²) in [5, 5.41) is 9.23. The molecule has 2 rings (SSSR count). The predicted molar refractivity (Wildman–Crippen MR) is 83.8 cm³/mol. The first-order valence-corrected chi connectivity index (χ1v) is 7.87. The van der Waals surface area contributed by atoms with Gasteiger partial charge in [-0.15, -0.1) is 0 Å². The number of nitrogens with zero attached hydrogens (tertiary/aromatic N) is 1. The Labute approximate surface area is 130 Å². The molecule has 0 spiro atoms. The molecule has 1 aromatic rings. The first-order chi connectivity index (χ1) is 10.6. The number of aromatic carboxylic acids is 1. The zero-order chi connectivity index (χ0) is 15.9. The van der Waals surface area contributed by atoms with E-state index in [1.807, 2.05) is 0 Å². The first kappa shape index (κ1) is 16.5. The molecule has 1 heterocycles. The second-order valence-corrected chi connectivity index (χ2v) is 5.52. The minimum atomic E-state index is -1.07. The number of likely N-dealkylation sites (tertiary alicyclic amines) is 1. The second-order valence-electron chi connectivity index (χ2n) is 5.52. The number of carboxylic acid groups (broad SMARTS) is 1. The van der Waals surface area contributed by atoms with E-state index in [2.05, 4.69) is 4.90 Å². The molecule has 0 bridgehead atoms. The van der Waals surface area contributed by atoms with E-state index in [0.29, 0.717) is 24.3 Å². The molecule has 0 unspecified atom stereocenters. The van der Waals surface area contributed by atoms with Crippen LogP contribution < -0.4 is 4.74 Å². The van der Waals surface area contributed by atoms with Crippen molar-refractivity contribution < 1.29 is 19.4 Å². The summed E-state index contributed by atoms with van der Waals surface area (Å²) in [5.74, 6) is -0.784. The number of carbonyl (C=O) groups excluding carboxylic acids is 1. The summed E-state index contributed by atoms with van der Waals surface area (Å²) in [6.07, 6.45) is 4.08. The van der Waals surface area contributed by atoms with E-state index < -0.39 is 5.97 Å². The molecule has 1 N–H and O–H groups in total. The Bertz CT molecular complexity index is 535. The lowest BCUT2D eigenvalue weighted by Gasteiger charge is -2.25. The molecular weight excluding hydrogens is 282 g/mol. The minimum Gasteiger partial charge on any atom is -0.493 e. The molecule has 0 saturated carbocycles. The van der Waals surface area contributed by atoms with Crippen molar-refractivity contribution in [2.75, 3.05) is 26.2 Å². The molecule has 1 aliphatic heterocycles. The van der Waals surface area contributed by atoms with Gasteiger partial charge < -0.3 is 14.7 Å². The van der Waals surface area contributed by atoms with Crippen LogP contribution in [0.15, 0.2) is 18.2 Å². The SMILES string of the molecule is CCOc1ccc(C(=O)CCN2CCCCC2)cc1C(=O)O. The van der Waals surface area contributed by atoms with Crippen molar-refractivity contribution in [1.29, 1.82) is 0 Å². The summed E-state index contributed by atoms with van der Waals surface area (Å²) < 4.78 is 5.29. The number of ether oxygens (including phenoxy) is 1. The molecule has 0 radical (unpaired) electrons. The van der Waals surface area contributed by atoms with Gasteiger partial charge in [-0.05, 0) is 51.1 Å². The van der Waals surface area contributed by atoms with E-state index in [1.54, 1.807) is 19.1 Å². The Hall–Kier alpha value is -1.88. The van der Waals surface area contributed by atoms with Crippen molar-refractivity contribution in [2.45, 2.75) is 32.6 Å². The number of piperidine rings is 1. The number of benzene rings is 1. The topological polar surface area (TPSA) is 66.8 Å². The lowest BCUT2D eigenvalue weighted by Crippen LogP contribution is -2.31. The van der Waals surface area contributed by atoms with Crippen LogP contribution in [0.4, 0.5) is 0 Å². The summed E-state index contributed by atoms with van der Waals surface area (Å²) in [7, 11) is 0. The number of carbonyl (C=O) groups is 2. The van der Waals surface area contributed by atoms with E-state index in [4.69, 9.17) is 4.74 Å². The van der Waals surface area contributed by atoms with Gasteiger partial charge in [0.1, 0.15) is 11.3 Å². The highest BCUT2D eigenvalue weighted by Gasteiger charge is 2.17. The van der Waals surface area contributed by atoms with Crippen molar-refractivity contribution in [2.24, 2.45) is 0 Å². The van der Waals surface area contributed by atoms with Crippen molar-refractivity contribution in [3.8, 4) is 5.75 Å². The Morgan fingerprint density at radius 3 is 2.59 bits per heavy atom. The largest absolute Gasteiger partial charge is 0.493 e. The maximum Gasteiger partial charge on any atom is 0.339 e. The smallest absolute Gasteiger partial charge is 0.339 e. The van der Waals surface area contributed by atoms with Crippen LogP contribution in [0.2, 0.25) is 0 Å². The number of ketones is 1. The molecule has 1 aliphatic rings. The average molecular weight is 305 g/mol. The molecule has 0 atom stereocenters. The highest BCUT2D eigenvalue weighted by Crippen LogP contribution is 2.21. The van der Waals surface area contributed by atoms with Crippen LogP contribution >= 0.6 is 0 Å². The van der Waals surface area contributed by atoms with Gasteiger partial charge in [-0.25, -0.2) is 4.79 Å². The van der Waals surface area contributed by atoms with Crippen LogP contribution in [0.3, 0.4) is 0 Å². The van der Waals surface area contributed by atoms with Crippen molar-refractivity contribution >= 4 is 11.8 Å². The number of hydrogen-bond acceptors (Lipinski definition) is 4. The molecular formula is C17H23NO4. The molecule has 22 heavy (non-hydrogen) atoms. The van der Waals surface area contributed by atoms with Gasteiger partial charge in [0.15, 0.2) is 5.78 Å². The molecule has 5 nitrogen and oxygen atoms in total. The van der Waals surface area contributed by atoms with Crippen molar-refractivity contribution in [3.05, 3.63) is 29.3 Å². The first-order valence-electron chi connectivity index (χ1n) is 7.87. The lowest BCUT2D eigenvalue weighted by atomic mass is 10.0. The van der Waals surface area contributed by atoms with E-state index in [1.165, 1.54) is 25.3 Å². The molecule has 1 aromatic carbocycles. The Kier molecular flexibility index (Phi) is 5.95. The molecule has 1 saturated heterocycles. The fourth-order valence-electron chi connectivity index (χ4n) is 2.74. The van der Waals surface area contributed by atoms with Gasteiger partial charge in [-0.1, -0.05) is 6.42 Å². The van der Waals surface area contributed by atoms with Gasteiger partial charge in [0.05, 0.1) is 6.61 Å². The van der Waals surface area contributed by atoms with Crippen LogP contribution in [-0.4, -0.2) is 48.0 Å². The summed E-state index contributed by atoms with van der Waals surface area (Å²) in [5.41, 5.74) is 0.489. The number of carboxylic acids is 1. The summed E-state index contributed by atoms with van der Waals surface area (Å²) in [6.45, 7) is 5.04. The fourth-order valence-corrected chi connectivity index (χ4v) is 2.74. The highest BCUT2D eigenvalue weighted by molar-refractivity contribution is 6.00. The monoisotopic (exact) mass is 305 g/mol. The van der Waals surface area contributed by atoms with Crippen LogP contribution in [0, 0.1) is 0 Å². The summed E-state index contributed by atoms with van der Waals surface area (Å²) in [4.78, 5) is 25.8. The average Bonchev–Trinajstić information content (AvgIpc) is 2.54. The Morgan fingerprint density at radius 1 is 1.23 bits per heavy atom. The Morgan fingerprint density at radius 2 is 1.95 bits per heavy atom. The van der Waals surface area contributed by atoms with Gasteiger partial charge in [0.2, 0.25) is 0 Å². The zero-order valence-corrected chi connectivity index (χ0v) is 13.0. The van der Waals surface area contributed by atoms with Crippen molar-refractivity contribution in [1.82, 2.24) is 4.90 Å². The quantitative estimate of drug-likeness (QED) is 0.785. The van der Waals surface area contributed by atoms with E-state index >= 15 is 0 Å². The highest BCUT2D eigenvalue weighted by atomic mass is 16.5. The second kappa shape index (κ2) is 7.94. The molecule has 0 aliphatic carbocycles. The van der Waals surface area contributed by atoms with E-state index in [0.717, 1.165) is 19.6 Å². The van der Waals surface area contributed by atoms with Crippen LogP contribution in [-0.2, 0) is 0 Å². The van der Waals surface area contributed by atoms with E-state index in [-0.39, 0.29) is 11.3 Å². The van der Waals surface area contributed by atoms with Crippen LogP contribution in [0.1, 0.15) is 53.3 Å². The Balaban J connectivity index is 2.02. The zero-order valence-electron chi connectivity index (χ0n) is 13.0. The number of rotatable bonds is 7. The van der Waals surface area contributed by atoms with Gasteiger partial charge in [-0.2, -0.15) is 0 Å². The summed E-state index contributed by atoms with van der Waals surface area (Å²) >= 11 is 0. The fraction of sp³-hybridized carbons (Fsp3) is 0.529. The molecule has 0 aromatic heterocycles. The van der Waals surface area contributed by atoms with Crippen LogP contribution in [0.5, 0.6) is 5.75 Å².